The monoisotopic (exact) mass is 385 g/mol. The Labute approximate surface area is 162 Å². The van der Waals surface area contributed by atoms with Crippen LogP contribution in [-0.4, -0.2) is 18.5 Å². The van der Waals surface area contributed by atoms with Crippen LogP contribution in [0.25, 0.3) is 0 Å². The molecule has 0 radical (unpaired) electrons. The van der Waals surface area contributed by atoms with Gasteiger partial charge in [-0.15, -0.1) is 0 Å². The van der Waals surface area contributed by atoms with Gasteiger partial charge >= 0.3 is 6.03 Å². The molecule has 6 nitrogen and oxygen atoms in total. The van der Waals surface area contributed by atoms with Gasteiger partial charge < -0.3 is 20.7 Å². The van der Waals surface area contributed by atoms with Gasteiger partial charge in [-0.3, -0.25) is 4.79 Å². The van der Waals surface area contributed by atoms with Gasteiger partial charge in [-0.1, -0.05) is 35.9 Å². The van der Waals surface area contributed by atoms with Gasteiger partial charge in [0.2, 0.25) is 0 Å². The standard InChI is InChI=1S/C20H20ClN3O3/c1-3-27-14-10-8-13(9-11-14)18-17(12(2)22-20(26)24-18)19(25)23-16-7-5-4-6-15(16)21/h4-11,18H,3H2,1-2H3,(H,23,25)(H2,22,24,26)/t18-/m0/s1. The summed E-state index contributed by atoms with van der Waals surface area (Å²) in [4.78, 5) is 24.9. The van der Waals surface area contributed by atoms with Crippen molar-refractivity contribution in [3.63, 3.8) is 0 Å². The third-order valence-electron chi connectivity index (χ3n) is 4.16. The molecule has 3 amide bonds. The van der Waals surface area contributed by atoms with E-state index in [0.717, 1.165) is 11.3 Å². The van der Waals surface area contributed by atoms with Gasteiger partial charge in [0.15, 0.2) is 0 Å². The lowest BCUT2D eigenvalue weighted by atomic mass is 9.94. The predicted molar refractivity (Wildman–Crippen MR) is 105 cm³/mol. The average molecular weight is 386 g/mol. The van der Waals surface area contributed by atoms with E-state index in [1.165, 1.54) is 0 Å². The summed E-state index contributed by atoms with van der Waals surface area (Å²) in [7, 11) is 0. The van der Waals surface area contributed by atoms with E-state index in [0.29, 0.717) is 28.6 Å². The summed E-state index contributed by atoms with van der Waals surface area (Å²) in [5, 5.41) is 8.71. The summed E-state index contributed by atoms with van der Waals surface area (Å²) in [6.07, 6.45) is 0. The van der Waals surface area contributed by atoms with Crippen LogP contribution in [0.5, 0.6) is 5.75 Å². The fourth-order valence-corrected chi connectivity index (χ4v) is 3.10. The number of nitrogens with one attached hydrogen (secondary N) is 3. The van der Waals surface area contributed by atoms with Crippen molar-refractivity contribution in [2.75, 3.05) is 11.9 Å². The van der Waals surface area contributed by atoms with E-state index in [1.54, 1.807) is 31.2 Å². The van der Waals surface area contributed by atoms with E-state index in [1.807, 2.05) is 31.2 Å². The van der Waals surface area contributed by atoms with Gasteiger partial charge in [-0.25, -0.2) is 4.79 Å². The van der Waals surface area contributed by atoms with E-state index in [-0.39, 0.29) is 11.9 Å². The molecule has 0 unspecified atom stereocenters. The van der Waals surface area contributed by atoms with E-state index in [4.69, 9.17) is 16.3 Å². The first kappa shape index (κ1) is 18.8. The van der Waals surface area contributed by atoms with Gasteiger partial charge in [0.05, 0.1) is 28.9 Å². The van der Waals surface area contributed by atoms with E-state index < -0.39 is 6.04 Å². The molecular weight excluding hydrogens is 366 g/mol. The van der Waals surface area contributed by atoms with Gasteiger partial charge in [0.25, 0.3) is 5.91 Å². The number of allylic oxidation sites excluding steroid dienone is 1. The highest BCUT2D eigenvalue weighted by Gasteiger charge is 2.31. The highest BCUT2D eigenvalue weighted by Crippen LogP contribution is 2.30. The lowest BCUT2D eigenvalue weighted by Crippen LogP contribution is -2.45. The zero-order chi connectivity index (χ0) is 19.4. The van der Waals surface area contributed by atoms with Crippen LogP contribution in [0.3, 0.4) is 0 Å². The van der Waals surface area contributed by atoms with Crippen LogP contribution in [0, 0.1) is 0 Å². The van der Waals surface area contributed by atoms with Gasteiger partial charge in [-0.2, -0.15) is 0 Å². The van der Waals surface area contributed by atoms with Crippen molar-refractivity contribution in [2.24, 2.45) is 0 Å². The summed E-state index contributed by atoms with van der Waals surface area (Å²) in [5.41, 5.74) is 2.18. The lowest BCUT2D eigenvalue weighted by Gasteiger charge is -2.28. The number of hydrogen-bond acceptors (Lipinski definition) is 3. The molecule has 1 atom stereocenters. The second-order valence-corrected chi connectivity index (χ2v) is 6.41. The molecule has 27 heavy (non-hydrogen) atoms. The maximum absolute atomic E-state index is 12.9. The number of para-hydroxylation sites is 1. The topological polar surface area (TPSA) is 79.5 Å². The second-order valence-electron chi connectivity index (χ2n) is 6.01. The number of carbonyl (C=O) groups is 2. The summed E-state index contributed by atoms with van der Waals surface area (Å²) in [6, 6.07) is 13.3. The molecule has 0 saturated carbocycles. The molecule has 3 rings (SSSR count). The first-order valence-electron chi connectivity index (χ1n) is 8.56. The zero-order valence-corrected chi connectivity index (χ0v) is 15.8. The molecule has 0 spiro atoms. The second kappa shape index (κ2) is 8.14. The Bertz CT molecular complexity index is 894. The summed E-state index contributed by atoms with van der Waals surface area (Å²) >= 11 is 6.14. The Morgan fingerprint density at radius 2 is 1.89 bits per heavy atom. The number of halogens is 1. The molecule has 7 heteroatoms. The highest BCUT2D eigenvalue weighted by atomic mass is 35.5. The molecule has 1 heterocycles. The SMILES string of the molecule is CCOc1ccc([C@@H]2NC(=O)NC(C)=C2C(=O)Nc2ccccc2Cl)cc1. The van der Waals surface area contributed by atoms with Crippen LogP contribution in [0.4, 0.5) is 10.5 Å². The van der Waals surface area contributed by atoms with Crippen LogP contribution >= 0.6 is 11.6 Å². The van der Waals surface area contributed by atoms with Crippen molar-refractivity contribution in [2.45, 2.75) is 19.9 Å². The summed E-state index contributed by atoms with van der Waals surface area (Å²) in [6.45, 7) is 4.17. The van der Waals surface area contributed by atoms with E-state index in [2.05, 4.69) is 16.0 Å². The number of amides is 3. The molecule has 0 aliphatic carbocycles. The highest BCUT2D eigenvalue weighted by molar-refractivity contribution is 6.33. The molecule has 0 fully saturated rings. The maximum Gasteiger partial charge on any atom is 0.319 e. The molecule has 0 aromatic heterocycles. The molecule has 1 aliphatic heterocycles. The van der Waals surface area contributed by atoms with Crippen molar-refractivity contribution in [1.82, 2.24) is 10.6 Å². The average Bonchev–Trinajstić information content (AvgIpc) is 2.64. The molecule has 2 aromatic rings. The smallest absolute Gasteiger partial charge is 0.319 e. The van der Waals surface area contributed by atoms with E-state index >= 15 is 0 Å². The molecule has 2 aromatic carbocycles. The third-order valence-corrected chi connectivity index (χ3v) is 4.49. The Hall–Kier alpha value is -2.99. The molecule has 0 bridgehead atoms. The molecular formula is C20H20ClN3O3. The minimum atomic E-state index is -0.586. The minimum absolute atomic E-state index is 0.341. The number of benzene rings is 2. The quantitative estimate of drug-likeness (QED) is 0.727. The van der Waals surface area contributed by atoms with Crippen molar-refractivity contribution < 1.29 is 14.3 Å². The minimum Gasteiger partial charge on any atom is -0.494 e. The van der Waals surface area contributed by atoms with Crippen molar-refractivity contribution in [3.8, 4) is 5.75 Å². The lowest BCUT2D eigenvalue weighted by molar-refractivity contribution is -0.113. The number of carbonyl (C=O) groups excluding carboxylic acids is 2. The first-order chi connectivity index (χ1) is 13.0. The molecule has 0 saturated heterocycles. The number of rotatable bonds is 5. The summed E-state index contributed by atoms with van der Waals surface area (Å²) in [5.74, 6) is 0.385. The third kappa shape index (κ3) is 4.23. The van der Waals surface area contributed by atoms with E-state index in [9.17, 15) is 9.59 Å². The Morgan fingerprint density at radius 3 is 2.56 bits per heavy atom. The summed E-state index contributed by atoms with van der Waals surface area (Å²) < 4.78 is 5.45. The van der Waals surface area contributed by atoms with Gasteiger partial charge in [0.1, 0.15) is 5.75 Å². The Balaban J connectivity index is 1.91. The van der Waals surface area contributed by atoms with Crippen LogP contribution in [0.1, 0.15) is 25.5 Å². The predicted octanol–water partition coefficient (Wildman–Crippen LogP) is 4.01. The van der Waals surface area contributed by atoms with Crippen molar-refractivity contribution in [3.05, 3.63) is 70.4 Å². The van der Waals surface area contributed by atoms with Crippen molar-refractivity contribution in [1.29, 1.82) is 0 Å². The molecule has 3 N–H and O–H groups in total. The molecule has 140 valence electrons. The molecule has 1 aliphatic rings. The van der Waals surface area contributed by atoms with Gasteiger partial charge in [0, 0.05) is 5.70 Å². The van der Waals surface area contributed by atoms with Crippen LogP contribution in [0.15, 0.2) is 59.8 Å². The largest absolute Gasteiger partial charge is 0.494 e. The number of hydrogen-bond donors (Lipinski definition) is 3. The zero-order valence-electron chi connectivity index (χ0n) is 15.0. The normalized spacial score (nSPS) is 16.4. The first-order valence-corrected chi connectivity index (χ1v) is 8.94. The Kier molecular flexibility index (Phi) is 5.66. The number of ether oxygens (including phenoxy) is 1. The fraction of sp³-hybridized carbons (Fsp3) is 0.200. The fourth-order valence-electron chi connectivity index (χ4n) is 2.92. The van der Waals surface area contributed by atoms with Crippen LogP contribution in [0.2, 0.25) is 5.02 Å². The number of urea groups is 1. The van der Waals surface area contributed by atoms with Gasteiger partial charge in [-0.05, 0) is 43.7 Å². The maximum atomic E-state index is 12.9. The number of anilines is 1. The van der Waals surface area contributed by atoms with Crippen LogP contribution in [-0.2, 0) is 4.79 Å². The Morgan fingerprint density at radius 1 is 1.19 bits per heavy atom. The van der Waals surface area contributed by atoms with Crippen LogP contribution < -0.4 is 20.7 Å². The van der Waals surface area contributed by atoms with Crippen molar-refractivity contribution >= 4 is 29.2 Å².